The molecule has 0 spiro atoms. The number of carbonyl (C=O) groups excluding carboxylic acids is 1. The van der Waals surface area contributed by atoms with E-state index in [1.54, 1.807) is 0 Å². The van der Waals surface area contributed by atoms with Crippen LogP contribution in [0.3, 0.4) is 0 Å². The van der Waals surface area contributed by atoms with Crippen LogP contribution < -0.4 is 0 Å². The van der Waals surface area contributed by atoms with E-state index in [0.29, 0.717) is 5.92 Å². The molecule has 0 aromatic rings. The Morgan fingerprint density at radius 1 is 1.11 bits per heavy atom. The summed E-state index contributed by atoms with van der Waals surface area (Å²) < 4.78 is 20.9. The lowest BCUT2D eigenvalue weighted by Crippen LogP contribution is -2.49. The summed E-state index contributed by atoms with van der Waals surface area (Å²) in [5, 5.41) is 0. The first-order valence-electron chi connectivity index (χ1n) is 11.0. The third-order valence-electron chi connectivity index (χ3n) is 8.99. The number of hydrogen-bond donors (Lipinski definition) is 1. The fourth-order valence-corrected chi connectivity index (χ4v) is 9.27. The predicted octanol–water partition coefficient (Wildman–Crippen LogP) is 5.30. The van der Waals surface area contributed by atoms with Crippen LogP contribution in [0.25, 0.3) is 0 Å². The van der Waals surface area contributed by atoms with Crippen LogP contribution in [-0.4, -0.2) is 26.2 Å². The second-order valence-electron chi connectivity index (χ2n) is 10.3. The maximum absolute atomic E-state index is 12.9. The second-order valence-corrected chi connectivity index (χ2v) is 14.3. The van der Waals surface area contributed by atoms with Gasteiger partial charge in [0.2, 0.25) is 0 Å². The highest BCUT2D eigenvalue weighted by molar-refractivity contribution is 8.73. The molecule has 0 aromatic heterocycles. The number of hydrogen-bond acceptors (Lipinski definition) is 3. The zero-order valence-corrected chi connectivity index (χ0v) is 18.5. The van der Waals surface area contributed by atoms with Gasteiger partial charge in [0, 0.05) is 5.92 Å². The van der Waals surface area contributed by atoms with Gasteiger partial charge < -0.3 is 4.55 Å². The maximum atomic E-state index is 12.9. The van der Waals surface area contributed by atoms with Gasteiger partial charge >= 0.3 is 0 Å². The van der Waals surface area contributed by atoms with Gasteiger partial charge in [-0.05, 0) is 109 Å². The van der Waals surface area contributed by atoms with E-state index in [9.17, 15) is 13.6 Å². The van der Waals surface area contributed by atoms with Gasteiger partial charge in [0.15, 0.2) is 0 Å². The molecule has 1 N–H and O–H groups in total. The number of carbonyl (C=O) groups is 1. The number of Topliss-reactive ketones (excluding diaryl/α,β-unsaturated/α-hetero) is 1. The number of rotatable bonds is 4. The second kappa shape index (κ2) is 7.36. The Kier molecular flexibility index (Phi) is 5.53. The van der Waals surface area contributed by atoms with Crippen molar-refractivity contribution in [3.8, 4) is 0 Å². The van der Waals surface area contributed by atoms with Gasteiger partial charge in [-0.15, -0.1) is 0 Å². The van der Waals surface area contributed by atoms with E-state index in [-0.39, 0.29) is 22.9 Å². The van der Waals surface area contributed by atoms with Crippen molar-refractivity contribution in [3.63, 3.8) is 0 Å². The minimum Gasteiger partial charge on any atom is -0.306 e. The van der Waals surface area contributed by atoms with Gasteiger partial charge in [-0.2, -0.15) is 0 Å². The highest BCUT2D eigenvalue weighted by Crippen LogP contribution is 2.64. The molecule has 0 bridgehead atoms. The molecule has 0 amide bonds. The molecule has 4 saturated carbocycles. The van der Waals surface area contributed by atoms with E-state index in [2.05, 4.69) is 19.7 Å². The number of fused-ring (bicyclic) bond motifs is 5. The summed E-state index contributed by atoms with van der Waals surface area (Å²) in [6.45, 7) is 4.80. The van der Waals surface area contributed by atoms with E-state index in [4.69, 9.17) is 0 Å². The van der Waals surface area contributed by atoms with Crippen LogP contribution in [0.4, 0.5) is 0 Å². The summed E-state index contributed by atoms with van der Waals surface area (Å²) in [5.74, 6) is 8.90. The summed E-state index contributed by atoms with van der Waals surface area (Å²) in [5.41, 5.74) is 0.116. The quantitative estimate of drug-likeness (QED) is 0.503. The molecular weight excluding hydrogens is 376 g/mol. The Morgan fingerprint density at radius 2 is 1.85 bits per heavy atom. The topological polar surface area (TPSA) is 54.4 Å². The zero-order chi connectivity index (χ0) is 19.4. The van der Waals surface area contributed by atoms with Crippen molar-refractivity contribution >= 4 is 31.3 Å². The Morgan fingerprint density at radius 3 is 2.59 bits per heavy atom. The van der Waals surface area contributed by atoms with Gasteiger partial charge in [0.25, 0.3) is 0 Å². The van der Waals surface area contributed by atoms with Crippen LogP contribution in [0.1, 0.15) is 71.6 Å². The molecule has 5 heteroatoms. The smallest absolute Gasteiger partial charge is 0.147 e. The zero-order valence-electron chi connectivity index (χ0n) is 16.9. The standard InChI is InChI=1S/C22H36O3S2/c1-14-4-6-16-15(12-14)5-7-18-17(16)10-11-22(2)19(18)8-9-20(22)21(23)13-26-27(3,24)25/h14-20H,3-13H2,1-2H3,(H,24,25). The first kappa shape index (κ1) is 20.3. The van der Waals surface area contributed by atoms with Gasteiger partial charge in [-0.3, -0.25) is 4.79 Å². The third-order valence-corrected chi connectivity index (χ3v) is 11.2. The largest absolute Gasteiger partial charge is 0.306 e. The molecule has 0 aliphatic heterocycles. The van der Waals surface area contributed by atoms with E-state index in [0.717, 1.165) is 46.8 Å². The first-order chi connectivity index (χ1) is 12.7. The first-order valence-corrected chi connectivity index (χ1v) is 14.1. The summed E-state index contributed by atoms with van der Waals surface area (Å²) in [6.07, 6.45) is 11.7. The van der Waals surface area contributed by atoms with Crippen molar-refractivity contribution in [2.45, 2.75) is 71.6 Å². The molecule has 0 aromatic carbocycles. The van der Waals surface area contributed by atoms with Gasteiger partial charge in [-0.25, -0.2) is 4.21 Å². The molecule has 4 fully saturated rings. The summed E-state index contributed by atoms with van der Waals surface area (Å²) in [4.78, 5) is 12.9. The van der Waals surface area contributed by atoms with Crippen LogP contribution in [0.5, 0.6) is 0 Å². The molecule has 0 radical (unpaired) electrons. The van der Waals surface area contributed by atoms with Gasteiger partial charge in [-0.1, -0.05) is 20.3 Å². The Labute approximate surface area is 169 Å². The normalized spacial score (nSPS) is 48.8. The Balaban J connectivity index is 1.47. The maximum Gasteiger partial charge on any atom is 0.147 e. The van der Waals surface area contributed by atoms with Gasteiger partial charge in [0.1, 0.15) is 14.6 Å². The fraction of sp³-hybridized carbons (Fsp3) is 0.909. The minimum absolute atomic E-state index is 0.0850. The van der Waals surface area contributed by atoms with Crippen LogP contribution in [0.15, 0.2) is 0 Å². The van der Waals surface area contributed by atoms with Crippen LogP contribution in [0.2, 0.25) is 0 Å². The summed E-state index contributed by atoms with van der Waals surface area (Å²) >= 11 is 0. The highest BCUT2D eigenvalue weighted by Gasteiger charge is 2.58. The third kappa shape index (κ3) is 3.77. The minimum atomic E-state index is -3.14. The molecule has 3 nitrogen and oxygen atoms in total. The van der Waals surface area contributed by atoms with E-state index in [1.807, 2.05) is 0 Å². The monoisotopic (exact) mass is 412 g/mol. The van der Waals surface area contributed by atoms with Gasteiger partial charge in [0.05, 0.1) is 5.75 Å². The molecular formula is C22H36O3S2. The lowest BCUT2D eigenvalue weighted by Gasteiger charge is -2.56. The molecule has 4 aliphatic rings. The molecule has 0 heterocycles. The highest BCUT2D eigenvalue weighted by atomic mass is 33.1. The Bertz CT molecular complexity index is 688. The van der Waals surface area contributed by atoms with Crippen molar-refractivity contribution in [1.82, 2.24) is 0 Å². The van der Waals surface area contributed by atoms with Crippen LogP contribution >= 0.6 is 10.8 Å². The molecule has 27 heavy (non-hydrogen) atoms. The average Bonchev–Trinajstić information content (AvgIpc) is 2.96. The molecule has 9 unspecified atom stereocenters. The van der Waals surface area contributed by atoms with E-state index in [1.165, 1.54) is 51.4 Å². The van der Waals surface area contributed by atoms with Crippen molar-refractivity contribution < 1.29 is 13.6 Å². The molecule has 0 saturated heterocycles. The summed E-state index contributed by atoms with van der Waals surface area (Å²) in [7, 11) is -2.31. The van der Waals surface area contributed by atoms with Crippen molar-refractivity contribution in [1.29, 1.82) is 0 Å². The Hall–Kier alpha value is -0.0000000000000000555. The van der Waals surface area contributed by atoms with Crippen LogP contribution in [-0.2, 0) is 13.6 Å². The number of ketones is 1. The van der Waals surface area contributed by atoms with Crippen molar-refractivity contribution in [2.75, 3.05) is 5.75 Å². The average molecular weight is 413 g/mol. The lowest BCUT2D eigenvalue weighted by molar-refractivity contribution is -0.127. The molecule has 4 rings (SSSR count). The SMILES string of the molecule is C=S(=O)(O)SCC(=O)C1CCC2C3CCC4CC(C)CCC4C3CCC12C. The molecule has 9 atom stereocenters. The molecule has 154 valence electrons. The fourth-order valence-electron chi connectivity index (χ4n) is 7.87. The lowest BCUT2D eigenvalue weighted by atomic mass is 9.49. The predicted molar refractivity (Wildman–Crippen MR) is 115 cm³/mol. The molecule has 4 aliphatic carbocycles. The van der Waals surface area contributed by atoms with E-state index >= 15 is 0 Å². The van der Waals surface area contributed by atoms with Crippen molar-refractivity contribution in [2.24, 2.45) is 46.8 Å². The van der Waals surface area contributed by atoms with Crippen LogP contribution in [0, 0.1) is 46.8 Å². The van der Waals surface area contributed by atoms with Crippen molar-refractivity contribution in [3.05, 3.63) is 0 Å². The summed E-state index contributed by atoms with van der Waals surface area (Å²) in [6, 6.07) is 0. The van der Waals surface area contributed by atoms with E-state index < -0.39 is 8.83 Å².